The summed E-state index contributed by atoms with van der Waals surface area (Å²) in [4.78, 5) is 11.6. The first-order valence-electron chi connectivity index (χ1n) is 5.25. The van der Waals surface area contributed by atoms with E-state index in [0.29, 0.717) is 6.42 Å². The van der Waals surface area contributed by atoms with Gasteiger partial charge < -0.3 is 5.11 Å². The standard InChI is InChI=1S/C12H24O2/c1-11(2,3)8-7-9(13)10(14)12(4,5)6/h10,14H,7-8H2,1-6H3. The monoisotopic (exact) mass is 200 g/mol. The van der Waals surface area contributed by atoms with E-state index in [2.05, 4.69) is 20.8 Å². The second-order valence-corrected chi connectivity index (χ2v) is 6.30. The Labute approximate surface area is 87.7 Å². The molecule has 2 heteroatoms. The van der Waals surface area contributed by atoms with Crippen molar-refractivity contribution < 1.29 is 9.90 Å². The van der Waals surface area contributed by atoms with Crippen LogP contribution >= 0.6 is 0 Å². The zero-order valence-corrected chi connectivity index (χ0v) is 10.3. The Morgan fingerprint density at radius 2 is 1.57 bits per heavy atom. The minimum atomic E-state index is -0.829. The molecule has 0 aromatic rings. The maximum atomic E-state index is 11.6. The predicted octanol–water partition coefficient (Wildman–Crippen LogP) is 2.79. The van der Waals surface area contributed by atoms with Gasteiger partial charge in [-0.15, -0.1) is 0 Å². The van der Waals surface area contributed by atoms with Crippen molar-refractivity contribution in [3.63, 3.8) is 0 Å². The van der Waals surface area contributed by atoms with Gasteiger partial charge in [0.2, 0.25) is 0 Å². The first-order valence-corrected chi connectivity index (χ1v) is 5.25. The highest BCUT2D eigenvalue weighted by Gasteiger charge is 2.29. The van der Waals surface area contributed by atoms with Gasteiger partial charge in [0.1, 0.15) is 6.10 Å². The van der Waals surface area contributed by atoms with Gasteiger partial charge in [-0.3, -0.25) is 4.79 Å². The van der Waals surface area contributed by atoms with Crippen LogP contribution in [0.15, 0.2) is 0 Å². The summed E-state index contributed by atoms with van der Waals surface area (Å²) in [5.74, 6) is -0.0348. The van der Waals surface area contributed by atoms with E-state index >= 15 is 0 Å². The Kier molecular flexibility index (Phi) is 4.32. The Morgan fingerprint density at radius 3 is 1.86 bits per heavy atom. The summed E-state index contributed by atoms with van der Waals surface area (Å²) in [6.45, 7) is 11.9. The van der Waals surface area contributed by atoms with Crippen LogP contribution in [0.5, 0.6) is 0 Å². The van der Waals surface area contributed by atoms with Crippen LogP contribution in [0.4, 0.5) is 0 Å². The number of aliphatic hydroxyl groups is 1. The molecular weight excluding hydrogens is 176 g/mol. The molecule has 0 saturated heterocycles. The van der Waals surface area contributed by atoms with Gasteiger partial charge in [-0.1, -0.05) is 41.5 Å². The molecule has 0 amide bonds. The zero-order valence-electron chi connectivity index (χ0n) is 10.3. The van der Waals surface area contributed by atoms with Crippen molar-refractivity contribution >= 4 is 5.78 Å². The van der Waals surface area contributed by atoms with E-state index in [1.54, 1.807) is 0 Å². The van der Waals surface area contributed by atoms with Crippen molar-refractivity contribution in [2.75, 3.05) is 0 Å². The first-order chi connectivity index (χ1) is 6.04. The predicted molar refractivity (Wildman–Crippen MR) is 59.2 cm³/mol. The van der Waals surface area contributed by atoms with Crippen LogP contribution < -0.4 is 0 Å². The van der Waals surface area contributed by atoms with E-state index in [1.165, 1.54) is 0 Å². The lowest BCUT2D eigenvalue weighted by Gasteiger charge is -2.26. The van der Waals surface area contributed by atoms with E-state index < -0.39 is 6.10 Å². The molecular formula is C12H24O2. The highest BCUT2D eigenvalue weighted by atomic mass is 16.3. The lowest BCUT2D eigenvalue weighted by atomic mass is 9.82. The molecule has 0 aliphatic carbocycles. The van der Waals surface area contributed by atoms with Gasteiger partial charge in [0.05, 0.1) is 0 Å². The summed E-state index contributed by atoms with van der Waals surface area (Å²) in [7, 11) is 0. The topological polar surface area (TPSA) is 37.3 Å². The summed E-state index contributed by atoms with van der Waals surface area (Å²) in [6.07, 6.45) is 0.478. The van der Waals surface area contributed by atoms with E-state index in [0.717, 1.165) is 6.42 Å². The minimum Gasteiger partial charge on any atom is -0.385 e. The first kappa shape index (κ1) is 13.6. The third-order valence-electron chi connectivity index (χ3n) is 2.25. The van der Waals surface area contributed by atoms with Crippen molar-refractivity contribution in [3.05, 3.63) is 0 Å². The Bertz CT molecular complexity index is 193. The molecule has 0 radical (unpaired) electrons. The van der Waals surface area contributed by atoms with Gasteiger partial charge in [0, 0.05) is 6.42 Å². The number of hydrogen-bond acceptors (Lipinski definition) is 2. The van der Waals surface area contributed by atoms with Crippen LogP contribution in [0.3, 0.4) is 0 Å². The van der Waals surface area contributed by atoms with Crippen LogP contribution in [0.25, 0.3) is 0 Å². The fourth-order valence-electron chi connectivity index (χ4n) is 1.12. The zero-order chi connectivity index (χ0) is 11.6. The normalized spacial score (nSPS) is 15.4. The molecule has 2 nitrogen and oxygen atoms in total. The summed E-state index contributed by atoms with van der Waals surface area (Å²) in [5.41, 5.74) is -0.178. The molecule has 0 rings (SSSR count). The third-order valence-corrected chi connectivity index (χ3v) is 2.25. The fourth-order valence-corrected chi connectivity index (χ4v) is 1.12. The maximum absolute atomic E-state index is 11.6. The molecule has 0 saturated carbocycles. The number of Topliss-reactive ketones (excluding diaryl/α,β-unsaturated/α-hetero) is 1. The average molecular weight is 200 g/mol. The van der Waals surface area contributed by atoms with Gasteiger partial charge in [-0.2, -0.15) is 0 Å². The Morgan fingerprint density at radius 1 is 1.14 bits per heavy atom. The van der Waals surface area contributed by atoms with Crippen LogP contribution in [0.1, 0.15) is 54.4 Å². The van der Waals surface area contributed by atoms with Crippen LogP contribution in [-0.2, 0) is 4.79 Å². The second kappa shape index (κ2) is 4.43. The van der Waals surface area contributed by atoms with Crippen molar-refractivity contribution in [3.8, 4) is 0 Å². The molecule has 0 heterocycles. The molecule has 84 valence electrons. The van der Waals surface area contributed by atoms with Crippen molar-refractivity contribution in [2.45, 2.75) is 60.5 Å². The summed E-state index contributed by atoms with van der Waals surface area (Å²) in [5, 5.41) is 9.70. The SMILES string of the molecule is CC(C)(C)CCC(=O)C(O)C(C)(C)C. The van der Waals surface area contributed by atoms with E-state index in [1.807, 2.05) is 20.8 Å². The fraction of sp³-hybridized carbons (Fsp3) is 0.917. The number of aliphatic hydroxyl groups excluding tert-OH is 1. The second-order valence-electron chi connectivity index (χ2n) is 6.30. The van der Waals surface area contributed by atoms with Gasteiger partial charge in [0.15, 0.2) is 5.78 Å². The van der Waals surface area contributed by atoms with Crippen molar-refractivity contribution in [1.82, 2.24) is 0 Å². The minimum absolute atomic E-state index is 0.0348. The molecule has 0 aromatic carbocycles. The summed E-state index contributed by atoms with van der Waals surface area (Å²) in [6, 6.07) is 0. The highest BCUT2D eigenvalue weighted by Crippen LogP contribution is 2.25. The van der Waals surface area contributed by atoms with Gasteiger partial charge in [-0.05, 0) is 17.3 Å². The highest BCUT2D eigenvalue weighted by molar-refractivity contribution is 5.83. The molecule has 0 aliphatic rings. The van der Waals surface area contributed by atoms with Gasteiger partial charge in [0.25, 0.3) is 0 Å². The lowest BCUT2D eigenvalue weighted by Crippen LogP contribution is -2.34. The van der Waals surface area contributed by atoms with Crippen molar-refractivity contribution in [2.24, 2.45) is 10.8 Å². The lowest BCUT2D eigenvalue weighted by molar-refractivity contribution is -0.132. The van der Waals surface area contributed by atoms with Crippen LogP contribution in [0.2, 0.25) is 0 Å². The van der Waals surface area contributed by atoms with E-state index in [9.17, 15) is 9.90 Å². The number of hydrogen-bond donors (Lipinski definition) is 1. The number of ketones is 1. The molecule has 0 fully saturated rings. The molecule has 1 N–H and O–H groups in total. The van der Waals surface area contributed by atoms with Gasteiger partial charge in [-0.25, -0.2) is 0 Å². The quantitative estimate of drug-likeness (QED) is 0.760. The molecule has 0 aliphatic heterocycles. The van der Waals surface area contributed by atoms with Crippen LogP contribution in [-0.4, -0.2) is 17.0 Å². The largest absolute Gasteiger partial charge is 0.385 e. The number of rotatable bonds is 3. The Balaban J connectivity index is 4.11. The summed E-state index contributed by atoms with van der Waals surface area (Å²) >= 11 is 0. The third kappa shape index (κ3) is 5.38. The molecule has 0 spiro atoms. The van der Waals surface area contributed by atoms with E-state index in [-0.39, 0.29) is 16.6 Å². The molecule has 1 atom stereocenters. The van der Waals surface area contributed by atoms with Gasteiger partial charge >= 0.3 is 0 Å². The van der Waals surface area contributed by atoms with Crippen molar-refractivity contribution in [1.29, 1.82) is 0 Å². The molecule has 0 aromatic heterocycles. The van der Waals surface area contributed by atoms with Crippen LogP contribution in [0, 0.1) is 10.8 Å². The number of carbonyl (C=O) groups is 1. The molecule has 14 heavy (non-hydrogen) atoms. The average Bonchev–Trinajstić information content (AvgIpc) is 1.95. The smallest absolute Gasteiger partial charge is 0.161 e. The maximum Gasteiger partial charge on any atom is 0.161 e. The Hall–Kier alpha value is -0.370. The number of carbonyl (C=O) groups excluding carboxylic acids is 1. The molecule has 0 bridgehead atoms. The molecule has 1 unspecified atom stereocenters. The van der Waals surface area contributed by atoms with E-state index in [4.69, 9.17) is 0 Å². The summed E-state index contributed by atoms with van der Waals surface area (Å²) < 4.78 is 0.